The van der Waals surface area contributed by atoms with Gasteiger partial charge in [0, 0.05) is 25.7 Å². The number of nitrogens with one attached hydrogen (secondary N) is 3. The van der Waals surface area contributed by atoms with Crippen LogP contribution < -0.4 is 11.0 Å². The molecule has 1 unspecified atom stereocenters. The topological polar surface area (TPSA) is 93.9 Å². The number of rotatable bonds is 3. The van der Waals surface area contributed by atoms with Crippen LogP contribution in [-0.4, -0.2) is 45.4 Å². The van der Waals surface area contributed by atoms with Crippen molar-refractivity contribution in [2.45, 2.75) is 19.4 Å². The third-order valence-electron chi connectivity index (χ3n) is 4.85. The third-order valence-corrected chi connectivity index (χ3v) is 4.85. The summed E-state index contributed by atoms with van der Waals surface area (Å²) in [6, 6.07) is 12.0. The molecule has 0 bridgehead atoms. The standard InChI is InChI=1S/C19H21N5O2/c1-2-12-3-5-13(6-4-12)16-11-24(10-9-20-16)18(25)15-8-7-14-17(21-15)23-19(26)22-14/h3-8,16,20H,2,9-11H2,1H3,(H2,21,22,23,26). The molecular weight excluding hydrogens is 330 g/mol. The highest BCUT2D eigenvalue weighted by Crippen LogP contribution is 2.19. The highest BCUT2D eigenvalue weighted by atomic mass is 16.2. The summed E-state index contributed by atoms with van der Waals surface area (Å²) in [6.07, 6.45) is 1.01. The molecule has 1 fully saturated rings. The average Bonchev–Trinajstić information content (AvgIpc) is 3.06. The number of carbonyl (C=O) groups is 1. The third kappa shape index (κ3) is 3.13. The van der Waals surface area contributed by atoms with Gasteiger partial charge in [-0.15, -0.1) is 0 Å². The molecule has 1 aliphatic rings. The molecule has 1 atom stereocenters. The van der Waals surface area contributed by atoms with E-state index in [1.807, 2.05) is 4.90 Å². The van der Waals surface area contributed by atoms with Crippen LogP contribution >= 0.6 is 0 Å². The number of piperazine rings is 1. The van der Waals surface area contributed by atoms with Gasteiger partial charge in [0.25, 0.3) is 5.91 Å². The zero-order chi connectivity index (χ0) is 18.1. The number of aromatic amines is 2. The van der Waals surface area contributed by atoms with Gasteiger partial charge in [-0.05, 0) is 29.7 Å². The van der Waals surface area contributed by atoms with Crippen LogP contribution in [0.2, 0.25) is 0 Å². The fourth-order valence-corrected chi connectivity index (χ4v) is 3.34. The van der Waals surface area contributed by atoms with Crippen LogP contribution in [0.15, 0.2) is 41.2 Å². The highest BCUT2D eigenvalue weighted by molar-refractivity contribution is 5.94. The Balaban J connectivity index is 1.53. The van der Waals surface area contributed by atoms with Gasteiger partial charge in [-0.1, -0.05) is 31.2 Å². The van der Waals surface area contributed by atoms with Crippen molar-refractivity contribution in [2.24, 2.45) is 0 Å². The lowest BCUT2D eigenvalue weighted by atomic mass is 10.0. The molecule has 7 nitrogen and oxygen atoms in total. The number of imidazole rings is 1. The second-order valence-corrected chi connectivity index (χ2v) is 6.52. The number of pyridine rings is 1. The second-order valence-electron chi connectivity index (χ2n) is 6.52. The van der Waals surface area contributed by atoms with Gasteiger partial charge in [0.05, 0.1) is 5.52 Å². The van der Waals surface area contributed by atoms with E-state index in [-0.39, 0.29) is 17.6 Å². The molecule has 26 heavy (non-hydrogen) atoms. The Morgan fingerprint density at radius 1 is 1.19 bits per heavy atom. The van der Waals surface area contributed by atoms with Gasteiger partial charge in [0.2, 0.25) is 0 Å². The Morgan fingerprint density at radius 3 is 2.77 bits per heavy atom. The summed E-state index contributed by atoms with van der Waals surface area (Å²) in [5.41, 5.74) is 3.50. The number of carbonyl (C=O) groups excluding carboxylic acids is 1. The lowest BCUT2D eigenvalue weighted by Gasteiger charge is -2.34. The zero-order valence-electron chi connectivity index (χ0n) is 14.6. The summed E-state index contributed by atoms with van der Waals surface area (Å²) in [6.45, 7) is 4.09. The van der Waals surface area contributed by atoms with E-state index >= 15 is 0 Å². The Hall–Kier alpha value is -2.93. The van der Waals surface area contributed by atoms with Crippen molar-refractivity contribution >= 4 is 17.1 Å². The Kier molecular flexibility index (Phi) is 4.30. The fraction of sp³-hybridized carbons (Fsp3) is 0.316. The Morgan fingerprint density at radius 2 is 2.00 bits per heavy atom. The summed E-state index contributed by atoms with van der Waals surface area (Å²) in [4.78, 5) is 35.6. The Labute approximate surface area is 150 Å². The molecule has 4 rings (SSSR count). The summed E-state index contributed by atoms with van der Waals surface area (Å²) in [5, 5.41) is 3.48. The smallest absolute Gasteiger partial charge is 0.325 e. The number of benzene rings is 1. The maximum atomic E-state index is 12.9. The first-order valence-corrected chi connectivity index (χ1v) is 8.84. The predicted molar refractivity (Wildman–Crippen MR) is 99.2 cm³/mol. The van der Waals surface area contributed by atoms with Crippen molar-refractivity contribution in [2.75, 3.05) is 19.6 Å². The maximum absolute atomic E-state index is 12.9. The number of nitrogens with zero attached hydrogens (tertiary/aromatic N) is 2. The molecule has 0 saturated carbocycles. The predicted octanol–water partition coefficient (Wildman–Crippen LogP) is 1.60. The molecular formula is C19H21N5O2. The van der Waals surface area contributed by atoms with E-state index in [4.69, 9.17) is 0 Å². The normalized spacial score (nSPS) is 17.6. The lowest BCUT2D eigenvalue weighted by Crippen LogP contribution is -2.48. The number of H-pyrrole nitrogens is 2. The van der Waals surface area contributed by atoms with Crippen molar-refractivity contribution in [1.82, 2.24) is 25.2 Å². The molecule has 3 heterocycles. The number of fused-ring (bicyclic) bond motifs is 1. The number of hydrogen-bond donors (Lipinski definition) is 3. The summed E-state index contributed by atoms with van der Waals surface area (Å²) < 4.78 is 0. The van der Waals surface area contributed by atoms with E-state index in [9.17, 15) is 9.59 Å². The van der Waals surface area contributed by atoms with Crippen LogP contribution in [0.1, 0.15) is 34.6 Å². The van der Waals surface area contributed by atoms with Crippen molar-refractivity contribution in [3.05, 3.63) is 63.7 Å². The molecule has 0 aliphatic carbocycles. The largest absolute Gasteiger partial charge is 0.334 e. The quantitative estimate of drug-likeness (QED) is 0.668. The van der Waals surface area contributed by atoms with Crippen LogP contribution in [0.4, 0.5) is 0 Å². The Bertz CT molecular complexity index is 989. The lowest BCUT2D eigenvalue weighted by molar-refractivity contribution is 0.0697. The molecule has 134 valence electrons. The zero-order valence-corrected chi connectivity index (χ0v) is 14.6. The van der Waals surface area contributed by atoms with E-state index < -0.39 is 0 Å². The van der Waals surface area contributed by atoms with Gasteiger partial charge >= 0.3 is 5.69 Å². The van der Waals surface area contributed by atoms with E-state index in [0.717, 1.165) is 13.0 Å². The van der Waals surface area contributed by atoms with Crippen LogP contribution in [0, 0.1) is 0 Å². The summed E-state index contributed by atoms with van der Waals surface area (Å²) >= 11 is 0. The van der Waals surface area contributed by atoms with E-state index in [1.54, 1.807) is 12.1 Å². The number of aryl methyl sites for hydroxylation is 1. The number of aromatic nitrogens is 3. The molecule has 7 heteroatoms. The van der Waals surface area contributed by atoms with Crippen molar-refractivity contribution in [3.63, 3.8) is 0 Å². The summed E-state index contributed by atoms with van der Waals surface area (Å²) in [5.74, 6) is -0.120. The van der Waals surface area contributed by atoms with E-state index in [2.05, 4.69) is 51.5 Å². The molecule has 1 amide bonds. The van der Waals surface area contributed by atoms with Gasteiger partial charge < -0.3 is 15.2 Å². The van der Waals surface area contributed by atoms with Gasteiger partial charge in [0.15, 0.2) is 5.65 Å². The summed E-state index contributed by atoms with van der Waals surface area (Å²) in [7, 11) is 0. The fourth-order valence-electron chi connectivity index (χ4n) is 3.34. The number of hydrogen-bond acceptors (Lipinski definition) is 4. The van der Waals surface area contributed by atoms with Gasteiger partial charge in [-0.25, -0.2) is 9.78 Å². The second kappa shape index (κ2) is 6.76. The highest BCUT2D eigenvalue weighted by Gasteiger charge is 2.26. The van der Waals surface area contributed by atoms with Crippen LogP contribution in [0.25, 0.3) is 11.2 Å². The van der Waals surface area contributed by atoms with Crippen molar-refractivity contribution in [3.8, 4) is 0 Å². The SMILES string of the molecule is CCc1ccc(C2CN(C(=O)c3ccc4[nH]c(=O)[nH]c4n3)CCN2)cc1. The van der Waals surface area contributed by atoms with Crippen LogP contribution in [-0.2, 0) is 6.42 Å². The van der Waals surface area contributed by atoms with Gasteiger partial charge in [-0.2, -0.15) is 0 Å². The molecule has 2 aromatic heterocycles. The minimum atomic E-state index is -0.324. The minimum absolute atomic E-state index is 0.106. The molecule has 1 aromatic carbocycles. The van der Waals surface area contributed by atoms with Gasteiger partial charge in [0.1, 0.15) is 5.69 Å². The molecule has 1 saturated heterocycles. The first-order valence-electron chi connectivity index (χ1n) is 8.84. The van der Waals surface area contributed by atoms with Crippen molar-refractivity contribution in [1.29, 1.82) is 0 Å². The first kappa shape index (κ1) is 16.5. The molecule has 1 aliphatic heterocycles. The van der Waals surface area contributed by atoms with E-state index in [0.29, 0.717) is 29.9 Å². The number of amides is 1. The van der Waals surface area contributed by atoms with Crippen LogP contribution in [0.3, 0.4) is 0 Å². The first-order chi connectivity index (χ1) is 12.6. The molecule has 0 spiro atoms. The van der Waals surface area contributed by atoms with Crippen molar-refractivity contribution < 1.29 is 4.79 Å². The van der Waals surface area contributed by atoms with E-state index in [1.165, 1.54) is 11.1 Å². The van der Waals surface area contributed by atoms with Crippen LogP contribution in [0.5, 0.6) is 0 Å². The molecule has 3 aromatic rings. The average molecular weight is 351 g/mol. The molecule has 0 radical (unpaired) electrons. The minimum Gasteiger partial charge on any atom is -0.334 e. The monoisotopic (exact) mass is 351 g/mol. The maximum Gasteiger partial charge on any atom is 0.325 e. The molecule has 3 N–H and O–H groups in total. The van der Waals surface area contributed by atoms with Gasteiger partial charge in [-0.3, -0.25) is 9.78 Å².